The normalized spacial score (nSPS) is 8.93. The molecule has 1 rings (SSSR count). The molecule has 0 aromatic heterocycles. The Morgan fingerprint density at radius 2 is 2.07 bits per heavy atom. The van der Waals surface area contributed by atoms with Gasteiger partial charge in [0.2, 0.25) is 5.82 Å². The van der Waals surface area contributed by atoms with Gasteiger partial charge < -0.3 is 5.11 Å². The fourth-order valence-corrected chi connectivity index (χ4v) is 0.788. The van der Waals surface area contributed by atoms with Gasteiger partial charge in [0.25, 0.3) is 0 Å². The van der Waals surface area contributed by atoms with E-state index in [1.54, 1.807) is 0 Å². The molecule has 0 amide bonds. The molecule has 1 N–H and O–H groups in total. The van der Waals surface area contributed by atoms with Gasteiger partial charge >= 0.3 is 11.7 Å². The van der Waals surface area contributed by atoms with Gasteiger partial charge in [0, 0.05) is 6.07 Å². The van der Waals surface area contributed by atoms with Crippen LogP contribution in [0.25, 0.3) is 0 Å². The molecule has 76 valence electrons. The largest absolute Gasteiger partial charge is 0.478 e. The third-order valence-corrected chi connectivity index (χ3v) is 1.39. The first-order valence-corrected chi connectivity index (χ1v) is 3.19. The molecule has 0 spiro atoms. The Labute approximate surface area is 83.7 Å². The predicted octanol–water partition coefficient (Wildman–Crippen LogP) is 1.85. The average molecular weight is 222 g/mol. The smallest absolute Gasteiger partial charge is 0.335 e. The number of nitro benzene ring substituents is 1. The number of carbonyl (C=O) groups is 1. The van der Waals surface area contributed by atoms with E-state index in [4.69, 9.17) is 5.11 Å². The molecule has 0 aliphatic carbocycles. The van der Waals surface area contributed by atoms with E-state index in [1.165, 1.54) is 0 Å². The molecular weight excluding hydrogens is 217 g/mol. The Bertz CT molecular complexity index is 382. The second-order valence-electron chi connectivity index (χ2n) is 2.23. The standard InChI is InChI=1S/C7H4FNO4.ClH/c8-5-3-4(7(10)11)1-2-6(5)9(12)13;/h1-3H,(H,10,11);1H. The van der Waals surface area contributed by atoms with Gasteiger partial charge in [0.15, 0.2) is 0 Å². The molecule has 14 heavy (non-hydrogen) atoms. The molecule has 1 aromatic rings. The fraction of sp³-hybridized carbons (Fsp3) is 0. The topological polar surface area (TPSA) is 80.4 Å². The van der Waals surface area contributed by atoms with Crippen LogP contribution in [-0.2, 0) is 0 Å². The summed E-state index contributed by atoms with van der Waals surface area (Å²) >= 11 is 0. The average Bonchev–Trinajstić information content (AvgIpc) is 2.03. The highest BCUT2D eigenvalue weighted by atomic mass is 35.5. The second kappa shape index (κ2) is 4.52. The highest BCUT2D eigenvalue weighted by Gasteiger charge is 2.15. The maximum absolute atomic E-state index is 12.8. The molecule has 5 nitrogen and oxygen atoms in total. The van der Waals surface area contributed by atoms with Gasteiger partial charge in [-0.05, 0) is 12.1 Å². The zero-order valence-electron chi connectivity index (χ0n) is 6.64. The van der Waals surface area contributed by atoms with Gasteiger partial charge in [-0.15, -0.1) is 12.4 Å². The Morgan fingerprint density at radius 1 is 1.50 bits per heavy atom. The lowest BCUT2D eigenvalue weighted by Gasteiger charge is -1.95. The number of halogens is 2. The van der Waals surface area contributed by atoms with Crippen LogP contribution in [0.4, 0.5) is 10.1 Å². The van der Waals surface area contributed by atoms with E-state index in [1.807, 2.05) is 0 Å². The molecular formula is C7H5ClFNO4. The fourth-order valence-electron chi connectivity index (χ4n) is 0.788. The van der Waals surface area contributed by atoms with E-state index < -0.39 is 22.4 Å². The SMILES string of the molecule is Cl.O=C(O)c1ccc([N+](=O)[O-])c(F)c1. The van der Waals surface area contributed by atoms with Crippen molar-refractivity contribution in [2.45, 2.75) is 0 Å². The van der Waals surface area contributed by atoms with Gasteiger partial charge in [-0.3, -0.25) is 10.1 Å². The summed E-state index contributed by atoms with van der Waals surface area (Å²) in [5, 5.41) is 18.5. The first-order valence-electron chi connectivity index (χ1n) is 3.19. The molecule has 0 unspecified atom stereocenters. The summed E-state index contributed by atoms with van der Waals surface area (Å²) in [5.74, 6) is -2.47. The number of carboxylic acids is 1. The third-order valence-electron chi connectivity index (χ3n) is 1.39. The number of nitro groups is 1. The number of benzene rings is 1. The lowest BCUT2D eigenvalue weighted by Crippen LogP contribution is -1.99. The van der Waals surface area contributed by atoms with E-state index in [9.17, 15) is 19.3 Å². The number of hydrogen-bond donors (Lipinski definition) is 1. The number of nitrogens with zero attached hydrogens (tertiary/aromatic N) is 1. The predicted molar refractivity (Wildman–Crippen MR) is 47.3 cm³/mol. The maximum Gasteiger partial charge on any atom is 0.335 e. The van der Waals surface area contributed by atoms with Gasteiger partial charge in [-0.25, -0.2) is 4.79 Å². The van der Waals surface area contributed by atoms with Crippen LogP contribution in [0.5, 0.6) is 0 Å². The van der Waals surface area contributed by atoms with Gasteiger partial charge in [-0.1, -0.05) is 0 Å². The lowest BCUT2D eigenvalue weighted by molar-refractivity contribution is -0.387. The zero-order valence-corrected chi connectivity index (χ0v) is 7.45. The molecule has 0 radical (unpaired) electrons. The molecule has 0 aliphatic rings. The monoisotopic (exact) mass is 221 g/mol. The second-order valence-corrected chi connectivity index (χ2v) is 2.23. The van der Waals surface area contributed by atoms with Crippen molar-refractivity contribution in [1.29, 1.82) is 0 Å². The zero-order chi connectivity index (χ0) is 10.0. The minimum absolute atomic E-state index is 0. The first-order chi connectivity index (χ1) is 6.02. The van der Waals surface area contributed by atoms with Crippen molar-refractivity contribution in [3.05, 3.63) is 39.7 Å². The highest BCUT2D eigenvalue weighted by Crippen LogP contribution is 2.17. The van der Waals surface area contributed by atoms with Crippen molar-refractivity contribution in [3.8, 4) is 0 Å². The molecule has 0 heterocycles. The molecule has 0 aliphatic heterocycles. The van der Waals surface area contributed by atoms with Crippen LogP contribution in [0.1, 0.15) is 10.4 Å². The molecule has 0 fully saturated rings. The van der Waals surface area contributed by atoms with Crippen LogP contribution in [0.15, 0.2) is 18.2 Å². The summed E-state index contributed by atoms with van der Waals surface area (Å²) in [6, 6.07) is 2.41. The molecule has 0 bridgehead atoms. The molecule has 1 aromatic carbocycles. The Morgan fingerprint density at radius 3 is 2.43 bits per heavy atom. The Kier molecular flexibility index (Phi) is 3.97. The third kappa shape index (κ3) is 2.40. The Hall–Kier alpha value is -1.69. The molecule has 0 atom stereocenters. The van der Waals surface area contributed by atoms with E-state index in [-0.39, 0.29) is 18.0 Å². The van der Waals surface area contributed by atoms with Crippen molar-refractivity contribution in [2.24, 2.45) is 0 Å². The number of carboxylic acid groups (broad SMARTS) is 1. The lowest BCUT2D eigenvalue weighted by atomic mass is 10.2. The number of rotatable bonds is 2. The van der Waals surface area contributed by atoms with Crippen LogP contribution in [0, 0.1) is 15.9 Å². The quantitative estimate of drug-likeness (QED) is 0.610. The van der Waals surface area contributed by atoms with Gasteiger partial charge in [0.1, 0.15) is 0 Å². The van der Waals surface area contributed by atoms with E-state index in [0.717, 1.165) is 12.1 Å². The highest BCUT2D eigenvalue weighted by molar-refractivity contribution is 5.87. The summed E-state index contributed by atoms with van der Waals surface area (Å²) in [5.41, 5.74) is -1.05. The van der Waals surface area contributed by atoms with Crippen LogP contribution in [0.3, 0.4) is 0 Å². The van der Waals surface area contributed by atoms with Gasteiger partial charge in [-0.2, -0.15) is 4.39 Å². The molecule has 0 saturated carbocycles. The van der Waals surface area contributed by atoms with Crippen molar-refractivity contribution in [1.82, 2.24) is 0 Å². The number of aromatic carboxylic acids is 1. The van der Waals surface area contributed by atoms with E-state index in [2.05, 4.69) is 0 Å². The first kappa shape index (κ1) is 12.3. The summed E-state index contributed by atoms with van der Waals surface area (Å²) in [6.45, 7) is 0. The van der Waals surface area contributed by atoms with Crippen LogP contribution < -0.4 is 0 Å². The summed E-state index contributed by atoms with van der Waals surface area (Å²) in [6.07, 6.45) is 0. The Balaban J connectivity index is 0.00000169. The van der Waals surface area contributed by atoms with Crippen LogP contribution >= 0.6 is 12.4 Å². The van der Waals surface area contributed by atoms with E-state index in [0.29, 0.717) is 6.07 Å². The molecule has 0 saturated heterocycles. The minimum Gasteiger partial charge on any atom is -0.478 e. The minimum atomic E-state index is -1.33. The number of hydrogen-bond acceptors (Lipinski definition) is 3. The van der Waals surface area contributed by atoms with Gasteiger partial charge in [0.05, 0.1) is 10.5 Å². The van der Waals surface area contributed by atoms with E-state index >= 15 is 0 Å². The maximum atomic E-state index is 12.8. The van der Waals surface area contributed by atoms with Crippen molar-refractivity contribution in [2.75, 3.05) is 0 Å². The van der Waals surface area contributed by atoms with Crippen molar-refractivity contribution < 1.29 is 19.2 Å². The summed E-state index contributed by atoms with van der Waals surface area (Å²) < 4.78 is 12.8. The van der Waals surface area contributed by atoms with Crippen LogP contribution in [-0.4, -0.2) is 16.0 Å². The summed E-state index contributed by atoms with van der Waals surface area (Å²) in [4.78, 5) is 19.5. The summed E-state index contributed by atoms with van der Waals surface area (Å²) in [7, 11) is 0. The van der Waals surface area contributed by atoms with Crippen molar-refractivity contribution >= 4 is 24.1 Å². The molecule has 7 heteroatoms. The van der Waals surface area contributed by atoms with Crippen molar-refractivity contribution in [3.63, 3.8) is 0 Å². The van der Waals surface area contributed by atoms with Crippen LogP contribution in [0.2, 0.25) is 0 Å².